The first-order valence-electron chi connectivity index (χ1n) is 8.17. The number of benzene rings is 3. The number of halogens is 2. The van der Waals surface area contributed by atoms with E-state index in [1.807, 2.05) is 6.07 Å². The Bertz CT molecular complexity index is 958. The molecule has 0 aliphatic carbocycles. The maximum absolute atomic E-state index is 13.6. The summed E-state index contributed by atoms with van der Waals surface area (Å²) in [5, 5.41) is 3.95. The number of ether oxygens (including phenoxy) is 1. The normalized spacial score (nSPS) is 10.7. The van der Waals surface area contributed by atoms with E-state index in [0.717, 1.165) is 10.0 Å². The van der Waals surface area contributed by atoms with Crippen LogP contribution >= 0.6 is 15.9 Å². The Hall–Kier alpha value is -2.99. The molecule has 4 nitrogen and oxygen atoms in total. The molecule has 0 aliphatic heterocycles. The number of rotatable bonds is 6. The summed E-state index contributed by atoms with van der Waals surface area (Å²) in [4.78, 5) is 12.0. The van der Waals surface area contributed by atoms with Gasteiger partial charge in [0.05, 0.1) is 6.21 Å². The SMILES string of the molecule is O=C(N/N=C\c1ccc(OCc2ccccc2F)cc1)c1cccc(Br)c1. The molecule has 0 saturated carbocycles. The minimum Gasteiger partial charge on any atom is -0.489 e. The van der Waals surface area contributed by atoms with Crippen molar-refractivity contribution in [3.05, 3.63) is 99.8 Å². The van der Waals surface area contributed by atoms with E-state index in [9.17, 15) is 9.18 Å². The Morgan fingerprint density at radius 1 is 1.07 bits per heavy atom. The molecule has 1 amide bonds. The zero-order valence-corrected chi connectivity index (χ0v) is 15.8. The number of nitrogens with one attached hydrogen (secondary N) is 1. The third-order valence-corrected chi connectivity index (χ3v) is 4.19. The van der Waals surface area contributed by atoms with Crippen LogP contribution in [0.3, 0.4) is 0 Å². The van der Waals surface area contributed by atoms with E-state index in [1.54, 1.807) is 60.7 Å². The molecule has 0 aromatic heterocycles. The average Bonchev–Trinajstić information content (AvgIpc) is 2.68. The molecule has 136 valence electrons. The van der Waals surface area contributed by atoms with Gasteiger partial charge in [0.25, 0.3) is 5.91 Å². The zero-order valence-electron chi connectivity index (χ0n) is 14.2. The molecule has 0 saturated heterocycles. The number of hydrogen-bond acceptors (Lipinski definition) is 3. The van der Waals surface area contributed by atoms with Crippen LogP contribution in [-0.4, -0.2) is 12.1 Å². The first kappa shape index (κ1) is 18.8. The lowest BCUT2D eigenvalue weighted by Gasteiger charge is -2.07. The van der Waals surface area contributed by atoms with Crippen molar-refractivity contribution in [2.45, 2.75) is 6.61 Å². The summed E-state index contributed by atoms with van der Waals surface area (Å²) in [6.45, 7) is 0.156. The van der Waals surface area contributed by atoms with E-state index < -0.39 is 0 Å². The molecule has 0 spiro atoms. The van der Waals surface area contributed by atoms with Crippen LogP contribution < -0.4 is 10.2 Å². The highest BCUT2D eigenvalue weighted by Gasteiger charge is 2.04. The highest BCUT2D eigenvalue weighted by molar-refractivity contribution is 9.10. The van der Waals surface area contributed by atoms with E-state index in [0.29, 0.717) is 16.9 Å². The molecule has 0 unspecified atom stereocenters. The summed E-state index contributed by atoms with van der Waals surface area (Å²) in [6, 6.07) is 20.7. The Morgan fingerprint density at radius 2 is 1.85 bits per heavy atom. The molecule has 3 aromatic rings. The lowest BCUT2D eigenvalue weighted by Crippen LogP contribution is -2.17. The van der Waals surface area contributed by atoms with Crippen molar-refractivity contribution in [1.82, 2.24) is 5.43 Å². The number of amides is 1. The topological polar surface area (TPSA) is 50.7 Å². The molecule has 0 bridgehead atoms. The van der Waals surface area contributed by atoms with Gasteiger partial charge in [-0.05, 0) is 54.1 Å². The minimum absolute atomic E-state index is 0.156. The Balaban J connectivity index is 1.53. The summed E-state index contributed by atoms with van der Waals surface area (Å²) < 4.78 is 20.0. The van der Waals surface area contributed by atoms with Crippen molar-refractivity contribution in [3.8, 4) is 5.75 Å². The molecule has 0 atom stereocenters. The van der Waals surface area contributed by atoms with Crippen LogP contribution in [0.2, 0.25) is 0 Å². The highest BCUT2D eigenvalue weighted by Crippen LogP contribution is 2.15. The lowest BCUT2D eigenvalue weighted by molar-refractivity contribution is 0.0955. The van der Waals surface area contributed by atoms with Crippen LogP contribution in [0.5, 0.6) is 5.75 Å². The summed E-state index contributed by atoms with van der Waals surface area (Å²) >= 11 is 3.32. The van der Waals surface area contributed by atoms with Crippen LogP contribution in [0.25, 0.3) is 0 Å². The molecule has 0 heterocycles. The molecule has 1 N–H and O–H groups in total. The van der Waals surface area contributed by atoms with Crippen molar-refractivity contribution >= 4 is 28.1 Å². The van der Waals surface area contributed by atoms with Gasteiger partial charge in [-0.25, -0.2) is 9.82 Å². The standard InChI is InChI=1S/C21H16BrFN2O2/c22-18-6-3-5-16(12-18)21(26)25-24-13-15-8-10-19(11-9-15)27-14-17-4-1-2-7-20(17)23/h1-13H,14H2,(H,25,26)/b24-13-. The van der Waals surface area contributed by atoms with E-state index in [1.165, 1.54) is 12.3 Å². The fourth-order valence-electron chi connectivity index (χ4n) is 2.29. The Kier molecular flexibility index (Phi) is 6.33. The summed E-state index contributed by atoms with van der Waals surface area (Å²) in [5.74, 6) is 0.0356. The third kappa shape index (κ3) is 5.49. The quantitative estimate of drug-likeness (QED) is 0.448. The number of hydrazone groups is 1. The maximum atomic E-state index is 13.6. The van der Waals surface area contributed by atoms with Crippen LogP contribution in [0.1, 0.15) is 21.5 Å². The second-order valence-electron chi connectivity index (χ2n) is 5.66. The van der Waals surface area contributed by atoms with Gasteiger partial charge in [0, 0.05) is 15.6 Å². The van der Waals surface area contributed by atoms with E-state index in [4.69, 9.17) is 4.74 Å². The van der Waals surface area contributed by atoms with Crippen molar-refractivity contribution in [3.63, 3.8) is 0 Å². The van der Waals surface area contributed by atoms with Crippen molar-refractivity contribution in [2.75, 3.05) is 0 Å². The van der Waals surface area contributed by atoms with Gasteiger partial charge in [0.1, 0.15) is 18.2 Å². The van der Waals surface area contributed by atoms with Crippen LogP contribution in [0.4, 0.5) is 4.39 Å². The molecule has 27 heavy (non-hydrogen) atoms. The molecule has 0 fully saturated rings. The van der Waals surface area contributed by atoms with Crippen molar-refractivity contribution in [2.24, 2.45) is 5.10 Å². The van der Waals surface area contributed by atoms with Gasteiger partial charge < -0.3 is 4.74 Å². The molecular formula is C21H16BrFN2O2. The average molecular weight is 427 g/mol. The highest BCUT2D eigenvalue weighted by atomic mass is 79.9. The summed E-state index contributed by atoms with van der Waals surface area (Å²) in [7, 11) is 0. The summed E-state index contributed by atoms with van der Waals surface area (Å²) in [6.07, 6.45) is 1.54. The van der Waals surface area contributed by atoms with Gasteiger partial charge in [-0.2, -0.15) is 5.10 Å². The van der Waals surface area contributed by atoms with E-state index >= 15 is 0 Å². The molecule has 6 heteroatoms. The number of carbonyl (C=O) groups excluding carboxylic acids is 1. The fraction of sp³-hybridized carbons (Fsp3) is 0.0476. The van der Waals surface area contributed by atoms with Gasteiger partial charge in [-0.3, -0.25) is 4.79 Å². The predicted molar refractivity (Wildman–Crippen MR) is 106 cm³/mol. The van der Waals surface area contributed by atoms with Crippen LogP contribution in [0, 0.1) is 5.82 Å². The van der Waals surface area contributed by atoms with E-state index in [2.05, 4.69) is 26.5 Å². The van der Waals surface area contributed by atoms with Crippen LogP contribution in [0.15, 0.2) is 82.4 Å². The van der Waals surface area contributed by atoms with Crippen molar-refractivity contribution in [1.29, 1.82) is 0 Å². The maximum Gasteiger partial charge on any atom is 0.271 e. The predicted octanol–water partition coefficient (Wildman–Crippen LogP) is 4.93. The zero-order chi connectivity index (χ0) is 19.1. The largest absolute Gasteiger partial charge is 0.489 e. The second kappa shape index (κ2) is 9.09. The van der Waals surface area contributed by atoms with Gasteiger partial charge in [0.2, 0.25) is 0 Å². The lowest BCUT2D eigenvalue weighted by atomic mass is 10.2. The van der Waals surface area contributed by atoms with Gasteiger partial charge in [-0.1, -0.05) is 40.2 Å². The van der Waals surface area contributed by atoms with Gasteiger partial charge in [-0.15, -0.1) is 0 Å². The second-order valence-corrected chi connectivity index (χ2v) is 6.57. The first-order valence-corrected chi connectivity index (χ1v) is 8.96. The first-order chi connectivity index (χ1) is 13.1. The Labute approximate surface area is 164 Å². The van der Waals surface area contributed by atoms with Gasteiger partial charge in [0.15, 0.2) is 0 Å². The van der Waals surface area contributed by atoms with Crippen LogP contribution in [-0.2, 0) is 6.61 Å². The number of nitrogens with zero attached hydrogens (tertiary/aromatic N) is 1. The third-order valence-electron chi connectivity index (χ3n) is 3.70. The fourth-order valence-corrected chi connectivity index (χ4v) is 2.69. The molecule has 0 radical (unpaired) electrons. The van der Waals surface area contributed by atoms with E-state index in [-0.39, 0.29) is 18.3 Å². The molecule has 3 aromatic carbocycles. The van der Waals surface area contributed by atoms with Crippen molar-refractivity contribution < 1.29 is 13.9 Å². The Morgan fingerprint density at radius 3 is 2.59 bits per heavy atom. The number of carbonyl (C=O) groups is 1. The molecule has 3 rings (SSSR count). The summed E-state index contributed by atoms with van der Waals surface area (Å²) in [5.41, 5.74) is 4.28. The monoisotopic (exact) mass is 426 g/mol. The molecular weight excluding hydrogens is 411 g/mol. The minimum atomic E-state index is -0.294. The number of hydrogen-bond donors (Lipinski definition) is 1. The molecule has 0 aliphatic rings. The van der Waals surface area contributed by atoms with Gasteiger partial charge >= 0.3 is 0 Å². The smallest absolute Gasteiger partial charge is 0.271 e.